The predicted octanol–water partition coefficient (Wildman–Crippen LogP) is 2.27. The van der Waals surface area contributed by atoms with E-state index < -0.39 is 11.6 Å². The summed E-state index contributed by atoms with van der Waals surface area (Å²) in [4.78, 5) is 35.0. The van der Waals surface area contributed by atoms with Crippen LogP contribution in [-0.2, 0) is 23.9 Å². The molecule has 1 rings (SSSR count). The normalized spacial score (nSPS) is 23.0. The summed E-state index contributed by atoms with van der Waals surface area (Å²) in [7, 11) is 1.38. The number of Topliss-reactive ketones (excluding diaryl/α,β-unsaturated/α-hetero) is 1. The highest BCUT2D eigenvalue weighted by Gasteiger charge is 2.31. The number of carbonyl (C=O) groups excluding carboxylic acids is 3. The molecule has 0 heterocycles. The maximum absolute atomic E-state index is 12.0. The Balaban J connectivity index is 2.40. The summed E-state index contributed by atoms with van der Waals surface area (Å²) < 4.78 is 9.85. The highest BCUT2D eigenvalue weighted by atomic mass is 16.6. The predicted molar refractivity (Wildman–Crippen MR) is 72.9 cm³/mol. The monoisotopic (exact) mass is 284 g/mol. The van der Waals surface area contributed by atoms with Crippen LogP contribution >= 0.6 is 0 Å². The molecule has 1 fully saturated rings. The molecule has 0 N–H and O–H groups in total. The molecule has 0 spiro atoms. The van der Waals surface area contributed by atoms with Gasteiger partial charge in [-0.1, -0.05) is 0 Å². The van der Waals surface area contributed by atoms with Crippen molar-refractivity contribution < 1.29 is 23.9 Å². The molecule has 0 unspecified atom stereocenters. The fourth-order valence-corrected chi connectivity index (χ4v) is 2.48. The zero-order valence-electron chi connectivity index (χ0n) is 12.7. The Labute approximate surface area is 120 Å². The smallest absolute Gasteiger partial charge is 0.313 e. The summed E-state index contributed by atoms with van der Waals surface area (Å²) in [5.41, 5.74) is -0.570. The third-order valence-electron chi connectivity index (χ3n) is 3.46. The fraction of sp³-hybridized carbons (Fsp3) is 0.800. The van der Waals surface area contributed by atoms with Gasteiger partial charge in [0.25, 0.3) is 0 Å². The summed E-state index contributed by atoms with van der Waals surface area (Å²) in [6.45, 7) is 5.32. The highest BCUT2D eigenvalue weighted by Crippen LogP contribution is 2.30. The van der Waals surface area contributed by atoms with Gasteiger partial charge < -0.3 is 9.47 Å². The third kappa shape index (κ3) is 5.31. The molecule has 0 aliphatic heterocycles. The number of hydrogen-bond donors (Lipinski definition) is 0. The lowest BCUT2D eigenvalue weighted by molar-refractivity contribution is -0.157. The lowest BCUT2D eigenvalue weighted by atomic mass is 9.79. The van der Waals surface area contributed by atoms with Crippen molar-refractivity contribution in [1.82, 2.24) is 0 Å². The second-order valence-electron chi connectivity index (χ2n) is 6.30. The van der Waals surface area contributed by atoms with Gasteiger partial charge in [0.2, 0.25) is 0 Å². The van der Waals surface area contributed by atoms with Crippen LogP contribution in [0.4, 0.5) is 0 Å². The maximum Gasteiger partial charge on any atom is 0.313 e. The minimum absolute atomic E-state index is 0.0810. The minimum atomic E-state index is -0.570. The number of rotatable bonds is 4. The van der Waals surface area contributed by atoms with Crippen LogP contribution in [0.1, 0.15) is 52.9 Å². The second kappa shape index (κ2) is 6.86. The Hall–Kier alpha value is -1.39. The van der Waals surface area contributed by atoms with Crippen LogP contribution in [0.25, 0.3) is 0 Å². The van der Waals surface area contributed by atoms with Gasteiger partial charge in [0.05, 0.1) is 13.0 Å². The van der Waals surface area contributed by atoms with Gasteiger partial charge in [-0.2, -0.15) is 0 Å². The minimum Gasteiger partial charge on any atom is -0.469 e. The molecule has 5 nitrogen and oxygen atoms in total. The molecule has 1 saturated carbocycles. The SMILES string of the molecule is COC(=O)[C@H]1CC[C@H](C(=O)CC(=O)OC(C)(C)C)CC1. The van der Waals surface area contributed by atoms with Crippen LogP contribution in [0.2, 0.25) is 0 Å². The molecule has 0 atom stereocenters. The summed E-state index contributed by atoms with van der Waals surface area (Å²) in [6, 6.07) is 0. The van der Waals surface area contributed by atoms with E-state index in [0.717, 1.165) is 0 Å². The van der Waals surface area contributed by atoms with Crippen LogP contribution in [0.3, 0.4) is 0 Å². The van der Waals surface area contributed by atoms with Crippen molar-refractivity contribution in [3.8, 4) is 0 Å². The molecule has 5 heteroatoms. The first-order valence-electron chi connectivity index (χ1n) is 7.05. The van der Waals surface area contributed by atoms with Gasteiger partial charge in [0.15, 0.2) is 0 Å². The molecule has 0 bridgehead atoms. The average molecular weight is 284 g/mol. The number of ketones is 1. The standard InChI is InChI=1S/C15H24O5/c1-15(2,3)20-13(17)9-12(16)10-5-7-11(8-6-10)14(18)19-4/h10-11H,5-9H2,1-4H3/t10-,11-. The van der Waals surface area contributed by atoms with E-state index in [9.17, 15) is 14.4 Å². The van der Waals surface area contributed by atoms with Crippen LogP contribution in [0, 0.1) is 11.8 Å². The Kier molecular flexibility index (Phi) is 5.72. The van der Waals surface area contributed by atoms with Gasteiger partial charge in [-0.25, -0.2) is 0 Å². The molecule has 1 aliphatic carbocycles. The van der Waals surface area contributed by atoms with Crippen LogP contribution in [0.15, 0.2) is 0 Å². The number of ether oxygens (including phenoxy) is 2. The van der Waals surface area contributed by atoms with Crippen molar-refractivity contribution in [3.05, 3.63) is 0 Å². The largest absolute Gasteiger partial charge is 0.469 e. The van der Waals surface area contributed by atoms with Gasteiger partial charge in [-0.05, 0) is 46.5 Å². The van der Waals surface area contributed by atoms with E-state index in [1.54, 1.807) is 20.8 Å². The molecule has 0 radical (unpaired) electrons. The van der Waals surface area contributed by atoms with Gasteiger partial charge in [0, 0.05) is 5.92 Å². The van der Waals surface area contributed by atoms with E-state index in [1.165, 1.54) is 7.11 Å². The van der Waals surface area contributed by atoms with Crippen molar-refractivity contribution in [2.24, 2.45) is 11.8 Å². The topological polar surface area (TPSA) is 69.7 Å². The molecule has 0 aromatic heterocycles. The summed E-state index contributed by atoms with van der Waals surface area (Å²) in [6.07, 6.45) is 2.41. The average Bonchev–Trinajstić information content (AvgIpc) is 2.35. The quantitative estimate of drug-likeness (QED) is 0.585. The zero-order chi connectivity index (χ0) is 15.3. The van der Waals surface area contributed by atoms with Gasteiger partial charge in [-0.15, -0.1) is 0 Å². The first-order chi connectivity index (χ1) is 9.23. The van der Waals surface area contributed by atoms with Crippen molar-refractivity contribution in [3.63, 3.8) is 0 Å². The third-order valence-corrected chi connectivity index (χ3v) is 3.46. The van der Waals surface area contributed by atoms with Crippen LogP contribution in [-0.4, -0.2) is 30.4 Å². The van der Waals surface area contributed by atoms with E-state index in [2.05, 4.69) is 0 Å². The summed E-state index contributed by atoms with van der Waals surface area (Å²) >= 11 is 0. The van der Waals surface area contributed by atoms with Crippen molar-refractivity contribution >= 4 is 17.7 Å². The Morgan fingerprint density at radius 2 is 1.50 bits per heavy atom. The van der Waals surface area contributed by atoms with Crippen LogP contribution < -0.4 is 0 Å². The molecular formula is C15H24O5. The Bertz CT molecular complexity index is 372. The van der Waals surface area contributed by atoms with E-state index in [0.29, 0.717) is 25.7 Å². The van der Waals surface area contributed by atoms with E-state index in [1.807, 2.05) is 0 Å². The maximum atomic E-state index is 12.0. The second-order valence-corrected chi connectivity index (χ2v) is 6.30. The van der Waals surface area contributed by atoms with Crippen molar-refractivity contribution in [2.75, 3.05) is 7.11 Å². The first kappa shape index (κ1) is 16.7. The Morgan fingerprint density at radius 3 is 1.95 bits per heavy atom. The van der Waals surface area contributed by atoms with Crippen LogP contribution in [0.5, 0.6) is 0 Å². The van der Waals surface area contributed by atoms with Gasteiger partial charge >= 0.3 is 11.9 Å². The summed E-state index contributed by atoms with van der Waals surface area (Å²) in [5.74, 6) is -1.00. The molecule has 0 amide bonds. The number of hydrogen-bond acceptors (Lipinski definition) is 5. The van der Waals surface area contributed by atoms with Crippen molar-refractivity contribution in [2.45, 2.75) is 58.5 Å². The van der Waals surface area contributed by atoms with Gasteiger partial charge in [0.1, 0.15) is 17.8 Å². The molecule has 0 saturated heterocycles. The molecule has 0 aromatic carbocycles. The van der Waals surface area contributed by atoms with E-state index in [4.69, 9.17) is 9.47 Å². The number of carbonyl (C=O) groups is 3. The zero-order valence-corrected chi connectivity index (χ0v) is 12.7. The van der Waals surface area contributed by atoms with Crippen molar-refractivity contribution in [1.29, 1.82) is 0 Å². The summed E-state index contributed by atoms with van der Waals surface area (Å²) in [5, 5.41) is 0. The van der Waals surface area contributed by atoms with E-state index >= 15 is 0 Å². The molecular weight excluding hydrogens is 260 g/mol. The fourth-order valence-electron chi connectivity index (χ4n) is 2.48. The lowest BCUT2D eigenvalue weighted by Gasteiger charge is -2.26. The Morgan fingerprint density at radius 1 is 1.00 bits per heavy atom. The molecule has 20 heavy (non-hydrogen) atoms. The lowest BCUT2D eigenvalue weighted by Crippen LogP contribution is -2.30. The highest BCUT2D eigenvalue weighted by molar-refractivity contribution is 5.97. The van der Waals surface area contributed by atoms with E-state index in [-0.39, 0.29) is 30.0 Å². The molecule has 1 aliphatic rings. The molecule has 114 valence electrons. The number of methoxy groups -OCH3 is 1. The molecule has 0 aromatic rings. The first-order valence-corrected chi connectivity index (χ1v) is 7.05. The van der Waals surface area contributed by atoms with Gasteiger partial charge in [-0.3, -0.25) is 14.4 Å². The number of esters is 2.